The molecule has 0 spiro atoms. The van der Waals surface area contributed by atoms with Crippen LogP contribution < -0.4 is 15.8 Å². The van der Waals surface area contributed by atoms with Crippen LogP contribution in [0, 0.1) is 5.41 Å². The van der Waals surface area contributed by atoms with E-state index < -0.39 is 5.41 Å². The Labute approximate surface area is 130 Å². The van der Waals surface area contributed by atoms with Gasteiger partial charge in [0.15, 0.2) is 5.84 Å². The number of rotatable bonds is 4. The molecule has 1 aromatic rings. The monoisotopic (exact) mass is 353 g/mol. The minimum Gasteiger partial charge on any atom is -0.493 e. The van der Waals surface area contributed by atoms with Gasteiger partial charge in [0, 0.05) is 23.0 Å². The van der Waals surface area contributed by atoms with Gasteiger partial charge in [-0.25, -0.2) is 0 Å². The molecule has 3 rings (SSSR count). The molecule has 1 fully saturated rings. The molecule has 4 N–H and O–H groups in total. The number of carbonyl (C=O) groups excluding carboxylic acids is 1. The second kappa shape index (κ2) is 5.22. The largest absolute Gasteiger partial charge is 0.493 e. The number of ether oxygens (including phenoxy) is 1. The number of nitrogens with one attached hydrogen (secondary N) is 1. The van der Waals surface area contributed by atoms with Gasteiger partial charge in [0.2, 0.25) is 5.91 Å². The van der Waals surface area contributed by atoms with Crippen molar-refractivity contribution >= 4 is 27.7 Å². The number of fused-ring (bicyclic) bond motifs is 1. The van der Waals surface area contributed by atoms with Gasteiger partial charge in [0.05, 0.1) is 6.61 Å². The summed E-state index contributed by atoms with van der Waals surface area (Å²) in [6, 6.07) is 3.97. The SMILES string of the molecule is N/C(=N/O)C1(C(=O)NCc2cc(Br)cc3c2OCC3)CC1. The summed E-state index contributed by atoms with van der Waals surface area (Å²) in [5, 5.41) is 14.6. The molecule has 0 radical (unpaired) electrons. The summed E-state index contributed by atoms with van der Waals surface area (Å²) in [4.78, 5) is 12.3. The molecular formula is C14H16BrN3O3. The van der Waals surface area contributed by atoms with Crippen LogP contribution in [0.25, 0.3) is 0 Å². The van der Waals surface area contributed by atoms with Crippen LogP contribution >= 0.6 is 15.9 Å². The minimum atomic E-state index is -0.829. The maximum atomic E-state index is 12.3. The number of amidine groups is 1. The van der Waals surface area contributed by atoms with Gasteiger partial charge in [-0.2, -0.15) is 0 Å². The molecule has 1 aliphatic carbocycles. The Kier molecular flexibility index (Phi) is 3.52. The molecule has 1 aliphatic heterocycles. The molecule has 1 saturated carbocycles. The zero-order valence-electron chi connectivity index (χ0n) is 11.4. The molecule has 112 valence electrons. The fourth-order valence-electron chi connectivity index (χ4n) is 2.64. The molecule has 7 heteroatoms. The average Bonchev–Trinajstić information content (AvgIpc) is 3.16. The normalized spacial score (nSPS) is 18.8. The first-order valence-electron chi connectivity index (χ1n) is 6.77. The van der Waals surface area contributed by atoms with E-state index in [1.807, 2.05) is 12.1 Å². The van der Waals surface area contributed by atoms with Gasteiger partial charge in [0.25, 0.3) is 0 Å². The molecule has 0 saturated heterocycles. The fourth-order valence-corrected chi connectivity index (χ4v) is 3.19. The first-order valence-corrected chi connectivity index (χ1v) is 7.56. The van der Waals surface area contributed by atoms with E-state index in [1.54, 1.807) is 0 Å². The number of oxime groups is 1. The van der Waals surface area contributed by atoms with E-state index in [4.69, 9.17) is 15.7 Å². The van der Waals surface area contributed by atoms with Crippen molar-refractivity contribution in [2.24, 2.45) is 16.3 Å². The summed E-state index contributed by atoms with van der Waals surface area (Å²) in [6.07, 6.45) is 2.10. The molecule has 0 unspecified atom stereocenters. The Morgan fingerprint density at radius 3 is 2.95 bits per heavy atom. The molecule has 2 aliphatic rings. The summed E-state index contributed by atoms with van der Waals surface area (Å²) in [5.41, 5.74) is 6.85. The third-order valence-electron chi connectivity index (χ3n) is 4.05. The lowest BCUT2D eigenvalue weighted by Crippen LogP contribution is -2.40. The van der Waals surface area contributed by atoms with Crippen LogP contribution in [0.2, 0.25) is 0 Å². The smallest absolute Gasteiger partial charge is 0.234 e. The van der Waals surface area contributed by atoms with E-state index in [9.17, 15) is 4.79 Å². The maximum absolute atomic E-state index is 12.3. The van der Waals surface area contributed by atoms with E-state index in [2.05, 4.69) is 26.4 Å². The number of hydrogen-bond donors (Lipinski definition) is 3. The lowest BCUT2D eigenvalue weighted by Gasteiger charge is -2.15. The van der Waals surface area contributed by atoms with Gasteiger partial charge >= 0.3 is 0 Å². The number of hydrogen-bond acceptors (Lipinski definition) is 4. The first-order chi connectivity index (χ1) is 10.1. The van der Waals surface area contributed by atoms with Crippen LogP contribution in [-0.4, -0.2) is 23.6 Å². The fraction of sp³-hybridized carbons (Fsp3) is 0.429. The van der Waals surface area contributed by atoms with E-state index >= 15 is 0 Å². The van der Waals surface area contributed by atoms with E-state index in [1.165, 1.54) is 0 Å². The Balaban J connectivity index is 1.73. The van der Waals surface area contributed by atoms with E-state index in [0.29, 0.717) is 26.0 Å². The van der Waals surface area contributed by atoms with E-state index in [-0.39, 0.29) is 11.7 Å². The first kappa shape index (κ1) is 14.2. The molecule has 0 atom stereocenters. The quantitative estimate of drug-likeness (QED) is 0.331. The standard InChI is InChI=1S/C14H16BrN3O3/c15-10-5-8-1-4-21-11(8)9(6-10)7-17-13(19)14(2-3-14)12(16)18-20/h5-6,20H,1-4,7H2,(H2,16,18)(H,17,19). The predicted octanol–water partition coefficient (Wildman–Crippen LogP) is 1.53. The van der Waals surface area contributed by atoms with Crippen LogP contribution in [0.3, 0.4) is 0 Å². The van der Waals surface area contributed by atoms with Gasteiger partial charge in [-0.15, -0.1) is 0 Å². The molecule has 0 aromatic heterocycles. The highest BCUT2D eigenvalue weighted by Gasteiger charge is 2.54. The molecule has 6 nitrogen and oxygen atoms in total. The summed E-state index contributed by atoms with van der Waals surface area (Å²) in [7, 11) is 0. The number of carbonyl (C=O) groups is 1. The zero-order chi connectivity index (χ0) is 15.0. The number of nitrogens with two attached hydrogens (primary N) is 1. The Bertz CT molecular complexity index is 626. The van der Waals surface area contributed by atoms with Gasteiger partial charge in [-0.3, -0.25) is 4.79 Å². The molecule has 0 bridgehead atoms. The van der Waals surface area contributed by atoms with Crippen molar-refractivity contribution in [3.8, 4) is 5.75 Å². The number of halogens is 1. The summed E-state index contributed by atoms with van der Waals surface area (Å²) in [6.45, 7) is 1.03. The molecule has 1 amide bonds. The van der Waals surface area contributed by atoms with Crippen molar-refractivity contribution in [1.29, 1.82) is 0 Å². The zero-order valence-corrected chi connectivity index (χ0v) is 12.9. The van der Waals surface area contributed by atoms with E-state index in [0.717, 1.165) is 27.8 Å². The van der Waals surface area contributed by atoms with Gasteiger partial charge in [0.1, 0.15) is 11.2 Å². The van der Waals surface area contributed by atoms with Gasteiger partial charge in [-0.1, -0.05) is 21.1 Å². The molecule has 21 heavy (non-hydrogen) atoms. The van der Waals surface area contributed by atoms with Crippen molar-refractivity contribution in [2.75, 3.05) is 6.61 Å². The Morgan fingerprint density at radius 1 is 1.52 bits per heavy atom. The topological polar surface area (TPSA) is 96.9 Å². The third kappa shape index (κ3) is 2.46. The lowest BCUT2D eigenvalue weighted by molar-refractivity contribution is -0.124. The second-order valence-electron chi connectivity index (χ2n) is 5.40. The second-order valence-corrected chi connectivity index (χ2v) is 6.32. The minimum absolute atomic E-state index is 0.0179. The van der Waals surface area contributed by atoms with Crippen LogP contribution in [0.5, 0.6) is 5.75 Å². The van der Waals surface area contributed by atoms with Gasteiger partial charge < -0.3 is 21.0 Å². The van der Waals surface area contributed by atoms with Crippen LogP contribution in [0.4, 0.5) is 0 Å². The van der Waals surface area contributed by atoms with Crippen LogP contribution in [-0.2, 0) is 17.8 Å². The summed E-state index contributed by atoms with van der Waals surface area (Å²) in [5.74, 6) is 0.632. The van der Waals surface area contributed by atoms with Crippen molar-refractivity contribution < 1.29 is 14.7 Å². The van der Waals surface area contributed by atoms with Gasteiger partial charge in [-0.05, 0) is 30.5 Å². The third-order valence-corrected chi connectivity index (χ3v) is 4.51. The molecule has 1 heterocycles. The Hall–Kier alpha value is -1.76. The van der Waals surface area contributed by atoms with Crippen molar-refractivity contribution in [3.05, 3.63) is 27.7 Å². The summed E-state index contributed by atoms with van der Waals surface area (Å²) < 4.78 is 6.59. The highest BCUT2D eigenvalue weighted by molar-refractivity contribution is 9.10. The van der Waals surface area contributed by atoms with Crippen molar-refractivity contribution in [3.63, 3.8) is 0 Å². The Morgan fingerprint density at radius 2 is 2.29 bits per heavy atom. The maximum Gasteiger partial charge on any atom is 0.234 e. The van der Waals surface area contributed by atoms with Crippen molar-refractivity contribution in [2.45, 2.75) is 25.8 Å². The van der Waals surface area contributed by atoms with Crippen LogP contribution in [0.1, 0.15) is 24.0 Å². The molecule has 1 aromatic carbocycles. The number of benzene rings is 1. The lowest BCUT2D eigenvalue weighted by atomic mass is 10.0. The number of nitrogens with zero attached hydrogens (tertiary/aromatic N) is 1. The average molecular weight is 354 g/mol. The highest BCUT2D eigenvalue weighted by Crippen LogP contribution is 2.46. The predicted molar refractivity (Wildman–Crippen MR) is 80.3 cm³/mol. The number of amides is 1. The highest BCUT2D eigenvalue weighted by atomic mass is 79.9. The molecular weight excluding hydrogens is 338 g/mol. The van der Waals surface area contributed by atoms with Crippen molar-refractivity contribution in [1.82, 2.24) is 5.32 Å². The summed E-state index contributed by atoms with van der Waals surface area (Å²) >= 11 is 3.47. The van der Waals surface area contributed by atoms with Crippen LogP contribution in [0.15, 0.2) is 21.8 Å².